The van der Waals surface area contributed by atoms with E-state index in [0.29, 0.717) is 22.3 Å². The lowest BCUT2D eigenvalue weighted by molar-refractivity contribution is -0.148. The maximum absolute atomic E-state index is 13.6. The molecule has 0 bridgehead atoms. The normalized spacial score (nSPS) is 12.2. The first-order chi connectivity index (χ1) is 21.2. The number of ether oxygens (including phenoxy) is 2. The van der Waals surface area contributed by atoms with E-state index in [1.807, 2.05) is 0 Å². The molecule has 1 aromatic heterocycles. The van der Waals surface area contributed by atoms with Gasteiger partial charge in [-0.1, -0.05) is 47.5 Å². The zero-order valence-corrected chi connectivity index (χ0v) is 26.7. The summed E-state index contributed by atoms with van der Waals surface area (Å²) in [7, 11) is 2.76. The molecule has 1 heterocycles. The van der Waals surface area contributed by atoms with Crippen molar-refractivity contribution >= 4 is 58.0 Å². The molecule has 1 atom stereocenters. The molecule has 4 aromatic rings. The number of rotatable bonds is 8. The summed E-state index contributed by atoms with van der Waals surface area (Å²) in [6.45, 7) is 5.29. The van der Waals surface area contributed by atoms with Gasteiger partial charge in [0.15, 0.2) is 0 Å². The number of methoxy groups -OCH3 is 1. The van der Waals surface area contributed by atoms with E-state index in [4.69, 9.17) is 32.7 Å². The quantitative estimate of drug-likeness (QED) is 0.213. The predicted octanol–water partition coefficient (Wildman–Crippen LogP) is 4.87. The van der Waals surface area contributed by atoms with Gasteiger partial charge in [0.25, 0.3) is 11.5 Å². The van der Waals surface area contributed by atoms with Gasteiger partial charge in [0.05, 0.1) is 39.3 Å². The fourth-order valence-corrected chi connectivity index (χ4v) is 5.18. The minimum atomic E-state index is -1.08. The minimum Gasteiger partial charge on any atom is -0.467 e. The number of fused-ring (bicyclic) bond motifs is 1. The third kappa shape index (κ3) is 7.71. The first-order valence-electron chi connectivity index (χ1n) is 13.8. The standard InChI is InChI=1S/C33H31Cl2N3O7/c1-33(2,3)45-27(39)16-12-19-11-15-26-22(17-19)30(41)38(32(43)37(26)4)21-13-9-20(10-14-21)18-25(31(42)44-5)36-29(40)28-23(34)7-6-8-24(28)35/h6-17,25H,18H2,1-5H3,(H,36,40)/t25-/m0/s1. The van der Waals surface area contributed by atoms with Gasteiger partial charge in [-0.25, -0.2) is 19.0 Å². The number of benzene rings is 3. The summed E-state index contributed by atoms with van der Waals surface area (Å²) in [5, 5.41) is 3.13. The van der Waals surface area contributed by atoms with Gasteiger partial charge in [-0.3, -0.25) is 14.2 Å². The van der Waals surface area contributed by atoms with Crippen molar-refractivity contribution in [3.63, 3.8) is 0 Å². The van der Waals surface area contributed by atoms with E-state index in [9.17, 15) is 24.0 Å². The molecular formula is C33H31Cl2N3O7. The summed E-state index contributed by atoms with van der Waals surface area (Å²) in [5.41, 5.74) is 0.161. The van der Waals surface area contributed by atoms with Crippen LogP contribution < -0.4 is 16.6 Å². The Morgan fingerprint density at radius 3 is 2.22 bits per heavy atom. The van der Waals surface area contributed by atoms with Crippen LogP contribution in [-0.4, -0.2) is 45.7 Å². The van der Waals surface area contributed by atoms with Crippen LogP contribution in [0.15, 0.2) is 76.3 Å². The molecule has 1 amide bonds. The Morgan fingerprint density at radius 1 is 0.978 bits per heavy atom. The minimum absolute atomic E-state index is 0.0279. The van der Waals surface area contributed by atoms with Gasteiger partial charge in [0, 0.05) is 19.5 Å². The van der Waals surface area contributed by atoms with Crippen LogP contribution in [-0.2, 0) is 32.5 Å². The second-order valence-corrected chi connectivity index (χ2v) is 12.0. The van der Waals surface area contributed by atoms with Gasteiger partial charge < -0.3 is 14.8 Å². The van der Waals surface area contributed by atoms with Crippen LogP contribution in [0, 0.1) is 0 Å². The van der Waals surface area contributed by atoms with Crippen molar-refractivity contribution in [2.75, 3.05) is 7.11 Å². The largest absolute Gasteiger partial charge is 0.467 e. The van der Waals surface area contributed by atoms with Gasteiger partial charge in [0.1, 0.15) is 11.6 Å². The van der Waals surface area contributed by atoms with Gasteiger partial charge >= 0.3 is 17.6 Å². The van der Waals surface area contributed by atoms with Crippen molar-refractivity contribution in [1.82, 2.24) is 14.5 Å². The molecule has 0 aliphatic carbocycles. The van der Waals surface area contributed by atoms with Gasteiger partial charge in [-0.2, -0.15) is 0 Å². The summed E-state index contributed by atoms with van der Waals surface area (Å²) < 4.78 is 12.6. The van der Waals surface area contributed by atoms with E-state index in [1.54, 1.807) is 76.3 Å². The van der Waals surface area contributed by atoms with Crippen LogP contribution in [0.25, 0.3) is 22.7 Å². The topological polar surface area (TPSA) is 126 Å². The average Bonchev–Trinajstić information content (AvgIpc) is 2.98. The van der Waals surface area contributed by atoms with Gasteiger partial charge in [0.2, 0.25) is 0 Å². The fourth-order valence-electron chi connectivity index (χ4n) is 4.61. The Kier molecular flexibility index (Phi) is 10.00. The highest BCUT2D eigenvalue weighted by atomic mass is 35.5. The highest BCUT2D eigenvalue weighted by Crippen LogP contribution is 2.24. The van der Waals surface area contributed by atoms with Crippen LogP contribution in [0.4, 0.5) is 0 Å². The fraction of sp³-hybridized carbons (Fsp3) is 0.242. The summed E-state index contributed by atoms with van der Waals surface area (Å²) in [5.74, 6) is -1.86. The lowest BCUT2D eigenvalue weighted by Gasteiger charge is -2.18. The molecule has 0 saturated heterocycles. The Bertz CT molecular complexity index is 1920. The molecule has 0 fully saturated rings. The highest BCUT2D eigenvalue weighted by Gasteiger charge is 2.25. The molecule has 1 N–H and O–H groups in total. The molecule has 0 radical (unpaired) electrons. The third-order valence-electron chi connectivity index (χ3n) is 6.73. The summed E-state index contributed by atoms with van der Waals surface area (Å²) >= 11 is 12.3. The number of halogens is 2. The summed E-state index contributed by atoms with van der Waals surface area (Å²) in [6.07, 6.45) is 2.85. The van der Waals surface area contributed by atoms with Crippen LogP contribution in [0.3, 0.4) is 0 Å². The Balaban J connectivity index is 1.63. The van der Waals surface area contributed by atoms with Crippen LogP contribution in [0.5, 0.6) is 0 Å². The molecule has 12 heteroatoms. The van der Waals surface area contributed by atoms with Crippen molar-refractivity contribution < 1.29 is 23.9 Å². The lowest BCUT2D eigenvalue weighted by Crippen LogP contribution is -2.43. The van der Waals surface area contributed by atoms with E-state index >= 15 is 0 Å². The SMILES string of the molecule is COC(=O)[C@H](Cc1ccc(-n2c(=O)c3cc(C=CC(=O)OC(C)(C)C)ccc3n(C)c2=O)cc1)NC(=O)c1c(Cl)cccc1Cl. The molecule has 0 aliphatic heterocycles. The van der Waals surface area contributed by atoms with E-state index in [0.717, 1.165) is 4.57 Å². The monoisotopic (exact) mass is 651 g/mol. The smallest absolute Gasteiger partial charge is 0.335 e. The summed E-state index contributed by atoms with van der Waals surface area (Å²) in [4.78, 5) is 64.4. The first-order valence-corrected chi connectivity index (χ1v) is 14.5. The maximum atomic E-state index is 13.6. The molecule has 4 rings (SSSR count). The van der Waals surface area contributed by atoms with Crippen molar-refractivity contribution in [3.05, 3.63) is 114 Å². The predicted molar refractivity (Wildman–Crippen MR) is 173 cm³/mol. The molecule has 0 spiro atoms. The second-order valence-electron chi connectivity index (χ2n) is 11.1. The number of aryl methyl sites for hydroxylation is 1. The molecule has 45 heavy (non-hydrogen) atoms. The molecule has 0 saturated carbocycles. The number of carbonyl (C=O) groups is 3. The second kappa shape index (κ2) is 13.5. The number of hydrogen-bond donors (Lipinski definition) is 1. The summed E-state index contributed by atoms with van der Waals surface area (Å²) in [6, 6.07) is 14.9. The molecule has 0 unspecified atom stereocenters. The molecule has 3 aromatic carbocycles. The first kappa shape index (κ1) is 33.2. The highest BCUT2D eigenvalue weighted by molar-refractivity contribution is 6.39. The molecule has 10 nitrogen and oxygen atoms in total. The number of amides is 1. The van der Waals surface area contributed by atoms with E-state index < -0.39 is 40.7 Å². The van der Waals surface area contributed by atoms with Crippen molar-refractivity contribution in [1.29, 1.82) is 0 Å². The zero-order valence-electron chi connectivity index (χ0n) is 25.2. The maximum Gasteiger partial charge on any atom is 0.335 e. The molecule has 234 valence electrons. The number of carbonyl (C=O) groups excluding carboxylic acids is 3. The van der Waals surface area contributed by atoms with Crippen molar-refractivity contribution in [3.8, 4) is 5.69 Å². The number of hydrogen-bond acceptors (Lipinski definition) is 7. The van der Waals surface area contributed by atoms with Gasteiger partial charge in [-0.15, -0.1) is 0 Å². The number of esters is 2. The van der Waals surface area contributed by atoms with E-state index in [-0.39, 0.29) is 27.4 Å². The van der Waals surface area contributed by atoms with E-state index in [1.165, 1.54) is 36.0 Å². The van der Waals surface area contributed by atoms with Crippen molar-refractivity contribution in [2.24, 2.45) is 7.05 Å². The Morgan fingerprint density at radius 2 is 1.62 bits per heavy atom. The van der Waals surface area contributed by atoms with Crippen molar-refractivity contribution in [2.45, 2.75) is 38.8 Å². The lowest BCUT2D eigenvalue weighted by atomic mass is 10.0. The Hall–Kier alpha value is -4.67. The third-order valence-corrected chi connectivity index (χ3v) is 7.36. The number of aromatic nitrogens is 2. The van der Waals surface area contributed by atoms with Crippen LogP contribution in [0.2, 0.25) is 10.0 Å². The van der Waals surface area contributed by atoms with Crippen LogP contribution in [0.1, 0.15) is 42.3 Å². The number of nitrogens with zero attached hydrogens (tertiary/aromatic N) is 2. The van der Waals surface area contributed by atoms with E-state index in [2.05, 4.69) is 5.32 Å². The number of nitrogens with one attached hydrogen (secondary N) is 1. The van der Waals surface area contributed by atoms with Gasteiger partial charge in [-0.05, 0) is 74.4 Å². The molecular weight excluding hydrogens is 621 g/mol. The average molecular weight is 653 g/mol. The Labute approximate surface area is 268 Å². The molecule has 0 aliphatic rings. The van der Waals surface area contributed by atoms with Crippen LogP contribution >= 0.6 is 23.2 Å². The zero-order chi connectivity index (χ0) is 33.1.